The smallest absolute Gasteiger partial charge is 0.251 e. The predicted octanol–water partition coefficient (Wildman–Crippen LogP) is 5.47. The Balaban J connectivity index is 1.25. The van der Waals surface area contributed by atoms with Crippen molar-refractivity contribution in [3.05, 3.63) is 107 Å². The Morgan fingerprint density at radius 3 is 2.53 bits per heavy atom. The SMILES string of the molecule is Cc1ccccc1CSCCNC(=O)c1ccc([C@@H]2SCC(=O)N2CCc2ccccc2)cc1. The summed E-state index contributed by atoms with van der Waals surface area (Å²) in [6.07, 6.45) is 0.839. The Morgan fingerprint density at radius 2 is 1.76 bits per heavy atom. The fourth-order valence-corrected chi connectivity index (χ4v) is 6.11. The number of amides is 2. The van der Waals surface area contributed by atoms with Crippen LogP contribution in [0.4, 0.5) is 0 Å². The van der Waals surface area contributed by atoms with E-state index in [1.165, 1.54) is 16.7 Å². The molecule has 0 unspecified atom stereocenters. The van der Waals surface area contributed by atoms with Crippen LogP contribution in [0.2, 0.25) is 0 Å². The first-order chi connectivity index (χ1) is 16.6. The zero-order valence-corrected chi connectivity index (χ0v) is 21.0. The Bertz CT molecular complexity index is 1100. The third-order valence-electron chi connectivity index (χ3n) is 5.96. The molecule has 1 atom stereocenters. The van der Waals surface area contributed by atoms with Crippen LogP contribution in [0, 0.1) is 6.92 Å². The molecule has 0 radical (unpaired) electrons. The first kappa shape index (κ1) is 24.4. The third kappa shape index (κ3) is 6.45. The van der Waals surface area contributed by atoms with E-state index in [-0.39, 0.29) is 17.2 Å². The molecule has 4 rings (SSSR count). The van der Waals surface area contributed by atoms with Gasteiger partial charge in [0.15, 0.2) is 0 Å². The quantitative estimate of drug-likeness (QED) is 0.383. The molecule has 34 heavy (non-hydrogen) atoms. The maximum Gasteiger partial charge on any atom is 0.251 e. The molecule has 1 fully saturated rings. The van der Waals surface area contributed by atoms with Gasteiger partial charge in [0.1, 0.15) is 5.37 Å². The topological polar surface area (TPSA) is 49.4 Å². The summed E-state index contributed by atoms with van der Waals surface area (Å²) in [5.41, 5.74) is 5.59. The highest BCUT2D eigenvalue weighted by atomic mass is 32.2. The van der Waals surface area contributed by atoms with E-state index in [0.717, 1.165) is 23.5 Å². The van der Waals surface area contributed by atoms with Crippen molar-refractivity contribution in [3.8, 4) is 0 Å². The molecule has 1 aliphatic rings. The fourth-order valence-electron chi connectivity index (χ4n) is 3.96. The van der Waals surface area contributed by atoms with Crippen LogP contribution >= 0.6 is 23.5 Å². The van der Waals surface area contributed by atoms with Crippen molar-refractivity contribution in [2.45, 2.75) is 24.5 Å². The van der Waals surface area contributed by atoms with Crippen molar-refractivity contribution in [3.63, 3.8) is 0 Å². The van der Waals surface area contributed by atoms with Gasteiger partial charge in [0.05, 0.1) is 5.75 Å². The number of rotatable bonds is 10. The van der Waals surface area contributed by atoms with Gasteiger partial charge in [-0.25, -0.2) is 0 Å². The van der Waals surface area contributed by atoms with Crippen molar-refractivity contribution < 1.29 is 9.59 Å². The zero-order valence-electron chi connectivity index (χ0n) is 19.4. The van der Waals surface area contributed by atoms with Gasteiger partial charge in [-0.15, -0.1) is 11.8 Å². The van der Waals surface area contributed by atoms with Gasteiger partial charge in [0.2, 0.25) is 5.91 Å². The molecule has 0 bridgehead atoms. The average Bonchev–Trinajstić information content (AvgIpc) is 3.24. The molecule has 0 saturated carbocycles. The van der Waals surface area contributed by atoms with E-state index in [2.05, 4.69) is 48.6 Å². The van der Waals surface area contributed by atoms with Crippen LogP contribution in [0.15, 0.2) is 78.9 Å². The number of aryl methyl sites for hydroxylation is 1. The van der Waals surface area contributed by atoms with Gasteiger partial charge in [-0.05, 0) is 47.7 Å². The summed E-state index contributed by atoms with van der Waals surface area (Å²) < 4.78 is 0. The minimum absolute atomic E-state index is 0.00571. The van der Waals surface area contributed by atoms with Crippen molar-refractivity contribution >= 4 is 35.3 Å². The van der Waals surface area contributed by atoms with Crippen LogP contribution in [0.25, 0.3) is 0 Å². The summed E-state index contributed by atoms with van der Waals surface area (Å²) in [6.45, 7) is 3.46. The molecule has 2 amide bonds. The Labute approximate surface area is 210 Å². The summed E-state index contributed by atoms with van der Waals surface area (Å²) in [5, 5.41) is 3.02. The second kappa shape index (κ2) is 12.1. The molecule has 3 aromatic rings. The Kier molecular flexibility index (Phi) is 8.72. The van der Waals surface area contributed by atoms with Crippen LogP contribution in [0.1, 0.15) is 38.0 Å². The third-order valence-corrected chi connectivity index (χ3v) is 8.23. The van der Waals surface area contributed by atoms with Gasteiger partial charge in [-0.2, -0.15) is 11.8 Å². The van der Waals surface area contributed by atoms with Crippen LogP contribution in [-0.2, 0) is 17.0 Å². The molecule has 1 aliphatic heterocycles. The highest BCUT2D eigenvalue weighted by Crippen LogP contribution is 2.38. The van der Waals surface area contributed by atoms with Gasteiger partial charge >= 0.3 is 0 Å². The summed E-state index contributed by atoms with van der Waals surface area (Å²) >= 11 is 3.48. The molecule has 0 aromatic heterocycles. The minimum atomic E-state index is -0.0564. The summed E-state index contributed by atoms with van der Waals surface area (Å²) in [5.74, 6) is 2.45. The number of hydrogen-bond donors (Lipinski definition) is 1. The highest BCUT2D eigenvalue weighted by molar-refractivity contribution is 8.00. The summed E-state index contributed by atoms with van der Waals surface area (Å²) in [7, 11) is 0. The minimum Gasteiger partial charge on any atom is -0.351 e. The van der Waals surface area contributed by atoms with Gasteiger partial charge in [0.25, 0.3) is 5.91 Å². The van der Waals surface area contributed by atoms with Crippen molar-refractivity contribution in [2.75, 3.05) is 24.6 Å². The van der Waals surface area contributed by atoms with Crippen molar-refractivity contribution in [1.29, 1.82) is 0 Å². The monoisotopic (exact) mass is 490 g/mol. The second-order valence-electron chi connectivity index (χ2n) is 8.34. The lowest BCUT2D eigenvalue weighted by Gasteiger charge is -2.24. The standard InChI is InChI=1S/C28H30N2O2S2/c1-21-7-5-6-10-25(21)19-33-18-16-29-27(32)23-11-13-24(14-12-23)28-30(26(31)20-34-28)17-15-22-8-3-2-4-9-22/h2-14,28H,15-20H2,1H3,(H,29,32)/t28-/m0/s1. The van der Waals surface area contributed by atoms with Crippen molar-refractivity contribution in [2.24, 2.45) is 0 Å². The molecule has 176 valence electrons. The number of carbonyl (C=O) groups is 2. The van der Waals surface area contributed by atoms with Gasteiger partial charge in [0, 0.05) is 30.2 Å². The van der Waals surface area contributed by atoms with Crippen LogP contribution in [-0.4, -0.2) is 41.3 Å². The molecule has 1 N–H and O–H groups in total. The number of thioether (sulfide) groups is 2. The largest absolute Gasteiger partial charge is 0.351 e. The molecule has 4 nitrogen and oxygen atoms in total. The zero-order chi connectivity index (χ0) is 23.8. The van der Waals surface area contributed by atoms with Gasteiger partial charge in [-0.3, -0.25) is 9.59 Å². The molecule has 3 aromatic carbocycles. The molecule has 1 heterocycles. The van der Waals surface area contributed by atoms with Crippen LogP contribution < -0.4 is 5.32 Å². The first-order valence-corrected chi connectivity index (χ1v) is 13.8. The van der Waals surface area contributed by atoms with E-state index in [4.69, 9.17) is 0 Å². The van der Waals surface area contributed by atoms with Gasteiger partial charge < -0.3 is 10.2 Å². The summed E-state index contributed by atoms with van der Waals surface area (Å²) in [6, 6.07) is 26.3. The summed E-state index contributed by atoms with van der Waals surface area (Å²) in [4.78, 5) is 27.0. The van der Waals surface area contributed by atoms with E-state index in [1.54, 1.807) is 11.8 Å². The second-order valence-corrected chi connectivity index (χ2v) is 10.5. The number of carbonyl (C=O) groups excluding carboxylic acids is 2. The Morgan fingerprint density at radius 1 is 1.03 bits per heavy atom. The lowest BCUT2D eigenvalue weighted by atomic mass is 10.1. The van der Waals surface area contributed by atoms with E-state index in [1.807, 2.05) is 59.1 Å². The molecule has 0 aliphatic carbocycles. The fraction of sp³-hybridized carbons (Fsp3) is 0.286. The van der Waals surface area contributed by atoms with Crippen LogP contribution in [0.3, 0.4) is 0 Å². The highest BCUT2D eigenvalue weighted by Gasteiger charge is 2.32. The van der Waals surface area contributed by atoms with E-state index >= 15 is 0 Å². The average molecular weight is 491 g/mol. The van der Waals surface area contributed by atoms with Gasteiger partial charge in [-0.1, -0.05) is 66.7 Å². The number of hydrogen-bond acceptors (Lipinski definition) is 4. The maximum absolute atomic E-state index is 12.6. The van der Waals surface area contributed by atoms with E-state index in [0.29, 0.717) is 24.4 Å². The number of benzene rings is 3. The normalized spacial score (nSPS) is 15.5. The number of nitrogens with zero attached hydrogens (tertiary/aromatic N) is 1. The molecule has 1 saturated heterocycles. The lowest BCUT2D eigenvalue weighted by molar-refractivity contribution is -0.128. The molecule has 0 spiro atoms. The maximum atomic E-state index is 12.6. The first-order valence-electron chi connectivity index (χ1n) is 11.6. The lowest BCUT2D eigenvalue weighted by Crippen LogP contribution is -2.30. The van der Waals surface area contributed by atoms with E-state index in [9.17, 15) is 9.59 Å². The number of nitrogens with one attached hydrogen (secondary N) is 1. The Hall–Kier alpha value is -2.70. The molecular weight excluding hydrogens is 460 g/mol. The van der Waals surface area contributed by atoms with Crippen molar-refractivity contribution in [1.82, 2.24) is 10.2 Å². The van der Waals surface area contributed by atoms with E-state index < -0.39 is 0 Å². The molecular formula is C28H30N2O2S2. The van der Waals surface area contributed by atoms with Crippen LogP contribution in [0.5, 0.6) is 0 Å². The predicted molar refractivity (Wildman–Crippen MR) is 143 cm³/mol. The molecule has 6 heteroatoms.